The van der Waals surface area contributed by atoms with Crippen LogP contribution in [0.5, 0.6) is 5.75 Å². The van der Waals surface area contributed by atoms with Gasteiger partial charge >= 0.3 is 0 Å². The van der Waals surface area contributed by atoms with Crippen LogP contribution in [0.4, 0.5) is 11.4 Å². The van der Waals surface area contributed by atoms with Crippen molar-refractivity contribution in [2.24, 2.45) is 0 Å². The highest BCUT2D eigenvalue weighted by molar-refractivity contribution is 6.33. The number of rotatable bonds is 4. The number of carbonyl (C=O) groups is 1. The van der Waals surface area contributed by atoms with Gasteiger partial charge in [0.25, 0.3) is 5.91 Å². The maximum atomic E-state index is 12.2. The summed E-state index contributed by atoms with van der Waals surface area (Å²) >= 11 is 5.84. The van der Waals surface area contributed by atoms with Crippen LogP contribution in [0.15, 0.2) is 42.5 Å². The molecular formula is C15H15ClN2O2. The molecule has 3 N–H and O–H groups in total. The van der Waals surface area contributed by atoms with Crippen LogP contribution < -0.4 is 15.8 Å². The van der Waals surface area contributed by atoms with Crippen molar-refractivity contribution in [1.82, 2.24) is 0 Å². The second-order valence-electron chi connectivity index (χ2n) is 4.12. The van der Waals surface area contributed by atoms with Crippen LogP contribution in [0.1, 0.15) is 17.3 Å². The number of carbonyl (C=O) groups excluding carboxylic acids is 1. The molecule has 0 fully saturated rings. The summed E-state index contributed by atoms with van der Waals surface area (Å²) in [5.74, 6) is 0.366. The maximum absolute atomic E-state index is 12.2. The number of halogens is 1. The fourth-order valence-electron chi connectivity index (χ4n) is 1.73. The molecule has 0 saturated heterocycles. The molecule has 0 aliphatic rings. The zero-order valence-corrected chi connectivity index (χ0v) is 11.8. The molecule has 0 aromatic heterocycles. The van der Waals surface area contributed by atoms with Crippen LogP contribution in [0.25, 0.3) is 0 Å². The van der Waals surface area contributed by atoms with Gasteiger partial charge < -0.3 is 15.8 Å². The highest BCUT2D eigenvalue weighted by Gasteiger charge is 2.10. The first-order chi connectivity index (χ1) is 9.61. The largest absolute Gasteiger partial charge is 0.492 e. The third kappa shape index (κ3) is 3.22. The molecule has 4 nitrogen and oxygen atoms in total. The summed E-state index contributed by atoms with van der Waals surface area (Å²) in [6.07, 6.45) is 0. The Labute approximate surface area is 122 Å². The molecular weight excluding hydrogens is 276 g/mol. The lowest BCUT2D eigenvalue weighted by atomic mass is 10.2. The second-order valence-corrected chi connectivity index (χ2v) is 4.53. The smallest absolute Gasteiger partial charge is 0.255 e. The molecule has 0 spiro atoms. The lowest BCUT2D eigenvalue weighted by Crippen LogP contribution is -2.13. The molecule has 2 aromatic carbocycles. The van der Waals surface area contributed by atoms with Gasteiger partial charge in [-0.1, -0.05) is 23.7 Å². The molecule has 2 rings (SSSR count). The zero-order valence-electron chi connectivity index (χ0n) is 11.0. The minimum Gasteiger partial charge on any atom is -0.492 e. The van der Waals surface area contributed by atoms with E-state index in [4.69, 9.17) is 22.1 Å². The molecule has 2 aromatic rings. The molecule has 0 unspecified atom stereocenters. The summed E-state index contributed by atoms with van der Waals surface area (Å²) in [6, 6.07) is 12.0. The summed E-state index contributed by atoms with van der Waals surface area (Å²) in [4.78, 5) is 12.2. The minimum absolute atomic E-state index is 0.263. The van der Waals surface area contributed by atoms with E-state index in [1.807, 2.05) is 19.1 Å². The maximum Gasteiger partial charge on any atom is 0.255 e. The van der Waals surface area contributed by atoms with Gasteiger partial charge in [-0.15, -0.1) is 0 Å². The number of nitrogens with two attached hydrogens (primary N) is 1. The first-order valence-corrected chi connectivity index (χ1v) is 6.58. The standard InChI is InChI=1S/C15H15ClN2O2/c1-2-20-14-6-4-3-5-13(14)18-15(19)10-7-8-11(16)12(17)9-10/h3-9H,2,17H2,1H3,(H,18,19). The highest BCUT2D eigenvalue weighted by atomic mass is 35.5. The zero-order chi connectivity index (χ0) is 14.5. The van der Waals surface area contributed by atoms with Crippen LogP contribution in [0, 0.1) is 0 Å². The Morgan fingerprint density at radius 1 is 1.30 bits per heavy atom. The van der Waals surface area contributed by atoms with Gasteiger partial charge in [0.2, 0.25) is 0 Å². The van der Waals surface area contributed by atoms with E-state index in [-0.39, 0.29) is 5.91 Å². The van der Waals surface area contributed by atoms with E-state index in [0.29, 0.717) is 34.3 Å². The van der Waals surface area contributed by atoms with Gasteiger partial charge in [0, 0.05) is 5.56 Å². The van der Waals surface area contributed by atoms with E-state index in [0.717, 1.165) is 0 Å². The summed E-state index contributed by atoms with van der Waals surface area (Å²) in [6.45, 7) is 2.42. The average molecular weight is 291 g/mol. The van der Waals surface area contributed by atoms with E-state index < -0.39 is 0 Å². The fourth-order valence-corrected chi connectivity index (χ4v) is 1.85. The van der Waals surface area contributed by atoms with E-state index >= 15 is 0 Å². The van der Waals surface area contributed by atoms with Crippen LogP contribution in [0.2, 0.25) is 5.02 Å². The SMILES string of the molecule is CCOc1ccccc1NC(=O)c1ccc(Cl)c(N)c1. The minimum atomic E-state index is -0.263. The van der Waals surface area contributed by atoms with E-state index in [2.05, 4.69) is 5.32 Å². The molecule has 0 radical (unpaired) electrons. The molecule has 0 aliphatic heterocycles. The fraction of sp³-hybridized carbons (Fsp3) is 0.133. The van der Waals surface area contributed by atoms with Crippen LogP contribution in [-0.2, 0) is 0 Å². The van der Waals surface area contributed by atoms with Gasteiger partial charge in [-0.05, 0) is 37.3 Å². The number of hydrogen-bond acceptors (Lipinski definition) is 3. The van der Waals surface area contributed by atoms with Crippen molar-refractivity contribution in [2.45, 2.75) is 6.92 Å². The first-order valence-electron chi connectivity index (χ1n) is 6.20. The van der Waals surface area contributed by atoms with E-state index in [1.54, 1.807) is 30.3 Å². The van der Waals surface area contributed by atoms with Crippen molar-refractivity contribution in [3.63, 3.8) is 0 Å². The number of amides is 1. The van der Waals surface area contributed by atoms with Gasteiger partial charge in [0.05, 0.1) is 23.0 Å². The lowest BCUT2D eigenvalue weighted by Gasteiger charge is -2.11. The molecule has 0 aliphatic carbocycles. The first kappa shape index (κ1) is 14.2. The Hall–Kier alpha value is -2.20. The summed E-state index contributed by atoms with van der Waals surface area (Å²) in [5, 5.41) is 3.22. The van der Waals surface area contributed by atoms with Gasteiger partial charge in [0.15, 0.2) is 0 Å². The highest BCUT2D eigenvalue weighted by Crippen LogP contribution is 2.25. The molecule has 5 heteroatoms. The summed E-state index contributed by atoms with van der Waals surface area (Å²) < 4.78 is 5.46. The molecule has 0 heterocycles. The van der Waals surface area contributed by atoms with Crippen molar-refractivity contribution in [3.05, 3.63) is 53.1 Å². The van der Waals surface area contributed by atoms with Gasteiger partial charge in [-0.25, -0.2) is 0 Å². The van der Waals surface area contributed by atoms with Gasteiger partial charge in [-0.3, -0.25) is 4.79 Å². The average Bonchev–Trinajstić information content (AvgIpc) is 2.44. The number of hydrogen-bond donors (Lipinski definition) is 2. The topological polar surface area (TPSA) is 64.3 Å². The number of nitrogens with one attached hydrogen (secondary N) is 1. The van der Waals surface area contributed by atoms with Crippen molar-refractivity contribution in [1.29, 1.82) is 0 Å². The third-order valence-electron chi connectivity index (χ3n) is 2.69. The lowest BCUT2D eigenvalue weighted by molar-refractivity contribution is 0.102. The predicted octanol–water partition coefficient (Wildman–Crippen LogP) is 3.57. The Bertz CT molecular complexity index is 629. The third-order valence-corrected chi connectivity index (χ3v) is 3.04. The molecule has 0 saturated carbocycles. The Kier molecular flexibility index (Phi) is 4.48. The number of nitrogen functional groups attached to an aromatic ring is 1. The van der Waals surface area contributed by atoms with Crippen LogP contribution >= 0.6 is 11.6 Å². The second kappa shape index (κ2) is 6.30. The molecule has 20 heavy (non-hydrogen) atoms. The van der Waals surface area contributed by atoms with Gasteiger partial charge in [0.1, 0.15) is 5.75 Å². The molecule has 0 bridgehead atoms. The molecule has 104 valence electrons. The monoisotopic (exact) mass is 290 g/mol. The number of ether oxygens (including phenoxy) is 1. The number of benzene rings is 2. The van der Waals surface area contributed by atoms with Crippen molar-refractivity contribution in [3.8, 4) is 5.75 Å². The Morgan fingerprint density at radius 2 is 2.05 bits per heavy atom. The summed E-state index contributed by atoms with van der Waals surface area (Å²) in [5.41, 5.74) is 7.13. The van der Waals surface area contributed by atoms with E-state index in [9.17, 15) is 4.79 Å². The molecule has 0 atom stereocenters. The molecule has 1 amide bonds. The number of para-hydroxylation sites is 2. The van der Waals surface area contributed by atoms with Crippen LogP contribution in [0.3, 0.4) is 0 Å². The van der Waals surface area contributed by atoms with Gasteiger partial charge in [-0.2, -0.15) is 0 Å². The van der Waals surface area contributed by atoms with Crippen LogP contribution in [-0.4, -0.2) is 12.5 Å². The normalized spacial score (nSPS) is 10.1. The van der Waals surface area contributed by atoms with Crippen molar-refractivity contribution >= 4 is 28.9 Å². The van der Waals surface area contributed by atoms with Crippen molar-refractivity contribution in [2.75, 3.05) is 17.7 Å². The summed E-state index contributed by atoms with van der Waals surface area (Å²) in [7, 11) is 0. The number of anilines is 2. The predicted molar refractivity (Wildman–Crippen MR) is 81.4 cm³/mol. The Morgan fingerprint density at radius 3 is 2.75 bits per heavy atom. The quantitative estimate of drug-likeness (QED) is 0.846. The van der Waals surface area contributed by atoms with E-state index in [1.165, 1.54) is 0 Å². The van der Waals surface area contributed by atoms with Crippen molar-refractivity contribution < 1.29 is 9.53 Å². The Balaban J connectivity index is 2.21.